The van der Waals surface area contributed by atoms with Crippen LogP contribution in [-0.2, 0) is 0 Å². The van der Waals surface area contributed by atoms with Gasteiger partial charge in [0.1, 0.15) is 18.0 Å². The summed E-state index contributed by atoms with van der Waals surface area (Å²) in [6, 6.07) is 9.79. The zero-order chi connectivity index (χ0) is 13.5. The first-order valence-corrected chi connectivity index (χ1v) is 6.86. The number of anilines is 3. The summed E-state index contributed by atoms with van der Waals surface area (Å²) in [7, 11) is 0. The second kappa shape index (κ2) is 7.06. The summed E-state index contributed by atoms with van der Waals surface area (Å²) in [6.07, 6.45) is 2.45. The normalized spacial score (nSPS) is 10.2. The van der Waals surface area contributed by atoms with Crippen LogP contribution >= 0.6 is 15.9 Å². The van der Waals surface area contributed by atoms with E-state index in [-0.39, 0.29) is 0 Å². The summed E-state index contributed by atoms with van der Waals surface area (Å²) >= 11 is 3.40. The predicted octanol–water partition coefficient (Wildman–Crippen LogP) is 2.74. The predicted molar refractivity (Wildman–Crippen MR) is 81.6 cm³/mol. The molecule has 0 aliphatic rings. The fraction of sp³-hybridized carbons (Fsp3) is 0.231. The lowest BCUT2D eigenvalue weighted by atomic mass is 10.3. The summed E-state index contributed by atoms with van der Waals surface area (Å²) in [5.41, 5.74) is 6.43. The van der Waals surface area contributed by atoms with E-state index in [0.717, 1.165) is 34.8 Å². The molecule has 0 spiro atoms. The summed E-state index contributed by atoms with van der Waals surface area (Å²) in [5, 5.41) is 6.43. The molecule has 4 N–H and O–H groups in total. The van der Waals surface area contributed by atoms with E-state index in [1.807, 2.05) is 30.3 Å². The molecular formula is C13H16BrN5. The van der Waals surface area contributed by atoms with Crippen molar-refractivity contribution in [1.82, 2.24) is 9.97 Å². The Morgan fingerprint density at radius 1 is 1.11 bits per heavy atom. The standard InChI is InChI=1S/C13H16BrN5/c14-10-2-4-11(5-3-10)19-13-8-12(17-9-18-13)16-7-1-6-15/h2-5,8-9H,1,6-7,15H2,(H2,16,17,18,19). The van der Waals surface area contributed by atoms with Crippen molar-refractivity contribution in [3.63, 3.8) is 0 Å². The summed E-state index contributed by atoms with van der Waals surface area (Å²) in [4.78, 5) is 8.34. The summed E-state index contributed by atoms with van der Waals surface area (Å²) in [6.45, 7) is 1.48. The van der Waals surface area contributed by atoms with Gasteiger partial charge in [0.15, 0.2) is 0 Å². The highest BCUT2D eigenvalue weighted by atomic mass is 79.9. The topological polar surface area (TPSA) is 75.9 Å². The highest BCUT2D eigenvalue weighted by Crippen LogP contribution is 2.18. The molecule has 2 rings (SSSR count). The number of nitrogens with zero attached hydrogens (tertiary/aromatic N) is 2. The van der Waals surface area contributed by atoms with Gasteiger partial charge in [0, 0.05) is 22.8 Å². The first-order valence-electron chi connectivity index (χ1n) is 6.06. The van der Waals surface area contributed by atoms with Gasteiger partial charge in [-0.05, 0) is 37.2 Å². The van der Waals surface area contributed by atoms with E-state index in [0.29, 0.717) is 6.54 Å². The van der Waals surface area contributed by atoms with Crippen LogP contribution in [0.4, 0.5) is 17.3 Å². The lowest BCUT2D eigenvalue weighted by molar-refractivity contribution is 0.869. The number of halogens is 1. The molecule has 2 aromatic rings. The Balaban J connectivity index is 2.00. The Morgan fingerprint density at radius 3 is 2.58 bits per heavy atom. The van der Waals surface area contributed by atoms with Crippen LogP contribution in [0.25, 0.3) is 0 Å². The van der Waals surface area contributed by atoms with E-state index in [1.54, 1.807) is 0 Å². The van der Waals surface area contributed by atoms with Crippen LogP contribution in [0.5, 0.6) is 0 Å². The molecule has 0 aliphatic carbocycles. The minimum Gasteiger partial charge on any atom is -0.370 e. The van der Waals surface area contributed by atoms with Crippen molar-refractivity contribution in [3.8, 4) is 0 Å². The maximum atomic E-state index is 5.45. The molecule has 0 amide bonds. The van der Waals surface area contributed by atoms with Gasteiger partial charge in [-0.1, -0.05) is 15.9 Å². The zero-order valence-corrected chi connectivity index (χ0v) is 12.0. The van der Waals surface area contributed by atoms with Gasteiger partial charge in [-0.15, -0.1) is 0 Å². The van der Waals surface area contributed by atoms with E-state index in [1.165, 1.54) is 6.33 Å². The number of aromatic nitrogens is 2. The maximum Gasteiger partial charge on any atom is 0.135 e. The monoisotopic (exact) mass is 321 g/mol. The largest absolute Gasteiger partial charge is 0.370 e. The first kappa shape index (κ1) is 13.8. The minimum absolute atomic E-state index is 0.669. The summed E-state index contributed by atoms with van der Waals surface area (Å²) in [5.74, 6) is 1.55. The van der Waals surface area contributed by atoms with Gasteiger partial charge in [0.05, 0.1) is 0 Å². The van der Waals surface area contributed by atoms with E-state index in [4.69, 9.17) is 5.73 Å². The molecule has 0 atom stereocenters. The van der Waals surface area contributed by atoms with Gasteiger partial charge in [0.25, 0.3) is 0 Å². The second-order valence-corrected chi connectivity index (χ2v) is 4.91. The van der Waals surface area contributed by atoms with Crippen molar-refractivity contribution < 1.29 is 0 Å². The van der Waals surface area contributed by atoms with Crippen molar-refractivity contribution >= 4 is 33.3 Å². The van der Waals surface area contributed by atoms with Crippen LogP contribution in [0, 0.1) is 0 Å². The Bertz CT molecular complexity index is 515. The van der Waals surface area contributed by atoms with E-state index >= 15 is 0 Å². The Morgan fingerprint density at radius 2 is 1.84 bits per heavy atom. The molecular weight excluding hydrogens is 306 g/mol. The quantitative estimate of drug-likeness (QED) is 0.713. The SMILES string of the molecule is NCCCNc1cc(Nc2ccc(Br)cc2)ncn1. The molecule has 1 aromatic heterocycles. The molecule has 19 heavy (non-hydrogen) atoms. The van der Waals surface area contributed by atoms with Gasteiger partial charge in [-0.25, -0.2) is 9.97 Å². The molecule has 0 bridgehead atoms. The molecule has 0 fully saturated rings. The van der Waals surface area contributed by atoms with Gasteiger partial charge in [-0.3, -0.25) is 0 Å². The average Bonchev–Trinajstić information content (AvgIpc) is 2.42. The second-order valence-electron chi connectivity index (χ2n) is 3.99. The molecule has 5 nitrogen and oxygen atoms in total. The molecule has 6 heteroatoms. The lowest BCUT2D eigenvalue weighted by Crippen LogP contribution is -2.09. The Labute approximate surface area is 120 Å². The molecule has 0 aliphatic heterocycles. The van der Waals surface area contributed by atoms with Gasteiger partial charge in [0.2, 0.25) is 0 Å². The molecule has 0 saturated heterocycles. The number of hydrogen-bond donors (Lipinski definition) is 3. The van der Waals surface area contributed by atoms with Crippen molar-refractivity contribution in [1.29, 1.82) is 0 Å². The van der Waals surface area contributed by atoms with E-state index in [9.17, 15) is 0 Å². The first-order chi connectivity index (χ1) is 9.28. The maximum absolute atomic E-state index is 5.45. The van der Waals surface area contributed by atoms with Crippen LogP contribution in [0.2, 0.25) is 0 Å². The number of nitrogens with one attached hydrogen (secondary N) is 2. The number of nitrogens with two attached hydrogens (primary N) is 1. The third kappa shape index (κ3) is 4.50. The average molecular weight is 322 g/mol. The molecule has 0 radical (unpaired) electrons. The van der Waals surface area contributed by atoms with Crippen LogP contribution in [0.15, 0.2) is 41.1 Å². The zero-order valence-electron chi connectivity index (χ0n) is 10.4. The van der Waals surface area contributed by atoms with Crippen LogP contribution in [-0.4, -0.2) is 23.1 Å². The number of benzene rings is 1. The van der Waals surface area contributed by atoms with Crippen molar-refractivity contribution in [2.24, 2.45) is 5.73 Å². The Kier molecular flexibility index (Phi) is 5.11. The third-order valence-corrected chi connectivity index (χ3v) is 3.00. The number of hydrogen-bond acceptors (Lipinski definition) is 5. The molecule has 0 unspecified atom stereocenters. The van der Waals surface area contributed by atoms with Crippen LogP contribution in [0.3, 0.4) is 0 Å². The third-order valence-electron chi connectivity index (χ3n) is 2.47. The van der Waals surface area contributed by atoms with Crippen molar-refractivity contribution in [2.45, 2.75) is 6.42 Å². The molecule has 1 aromatic carbocycles. The Hall–Kier alpha value is -1.66. The minimum atomic E-state index is 0.669. The summed E-state index contributed by atoms with van der Waals surface area (Å²) < 4.78 is 1.05. The van der Waals surface area contributed by atoms with Gasteiger partial charge in [-0.2, -0.15) is 0 Å². The molecule has 1 heterocycles. The highest BCUT2D eigenvalue weighted by molar-refractivity contribution is 9.10. The van der Waals surface area contributed by atoms with E-state index in [2.05, 4.69) is 36.5 Å². The number of rotatable bonds is 6. The van der Waals surface area contributed by atoms with E-state index < -0.39 is 0 Å². The highest BCUT2D eigenvalue weighted by Gasteiger charge is 1.99. The van der Waals surface area contributed by atoms with Crippen molar-refractivity contribution in [3.05, 3.63) is 41.1 Å². The van der Waals surface area contributed by atoms with Crippen molar-refractivity contribution in [2.75, 3.05) is 23.7 Å². The van der Waals surface area contributed by atoms with Crippen LogP contribution < -0.4 is 16.4 Å². The van der Waals surface area contributed by atoms with Gasteiger partial charge < -0.3 is 16.4 Å². The molecule has 100 valence electrons. The van der Waals surface area contributed by atoms with Crippen LogP contribution in [0.1, 0.15) is 6.42 Å². The smallest absolute Gasteiger partial charge is 0.135 e. The fourth-order valence-electron chi connectivity index (χ4n) is 1.52. The lowest BCUT2D eigenvalue weighted by Gasteiger charge is -2.08. The van der Waals surface area contributed by atoms with Gasteiger partial charge >= 0.3 is 0 Å². The molecule has 0 saturated carbocycles. The fourth-order valence-corrected chi connectivity index (χ4v) is 1.79.